The molecule has 8 heteroatoms. The van der Waals surface area contributed by atoms with Crippen molar-refractivity contribution in [2.45, 2.75) is 61.3 Å². The summed E-state index contributed by atoms with van der Waals surface area (Å²) in [4.78, 5) is 15.0. The van der Waals surface area contributed by atoms with E-state index in [1.54, 1.807) is 29.7 Å². The van der Waals surface area contributed by atoms with E-state index in [1.165, 1.54) is 0 Å². The van der Waals surface area contributed by atoms with E-state index in [0.717, 1.165) is 29.7 Å². The molecule has 1 saturated carbocycles. The zero-order chi connectivity index (χ0) is 22.9. The quantitative estimate of drug-likeness (QED) is 0.488. The van der Waals surface area contributed by atoms with Crippen molar-refractivity contribution < 1.29 is 23.2 Å². The molecule has 2 fully saturated rings. The van der Waals surface area contributed by atoms with Crippen LogP contribution < -0.4 is 10.2 Å². The second kappa shape index (κ2) is 8.84. The van der Waals surface area contributed by atoms with E-state index in [0.29, 0.717) is 19.1 Å². The van der Waals surface area contributed by atoms with Crippen LogP contribution in [0, 0.1) is 0 Å². The first kappa shape index (κ1) is 22.8. The molecule has 4 rings (SSSR count). The lowest BCUT2D eigenvalue weighted by atomic mass is 9.94. The van der Waals surface area contributed by atoms with Crippen molar-refractivity contribution in [1.82, 2.24) is 10.4 Å². The van der Waals surface area contributed by atoms with Gasteiger partial charge in [-0.1, -0.05) is 24.3 Å². The van der Waals surface area contributed by atoms with Crippen LogP contribution in [0.25, 0.3) is 11.1 Å². The molecule has 32 heavy (non-hydrogen) atoms. The van der Waals surface area contributed by atoms with Gasteiger partial charge in [0.25, 0.3) is 5.91 Å². The fourth-order valence-corrected chi connectivity index (χ4v) is 6.42. The number of piperidine rings is 1. The van der Waals surface area contributed by atoms with Crippen molar-refractivity contribution in [1.29, 1.82) is 0 Å². The first-order valence-electron chi connectivity index (χ1n) is 11.1. The highest BCUT2D eigenvalue weighted by molar-refractivity contribution is 7.93. The van der Waals surface area contributed by atoms with E-state index in [4.69, 9.17) is 4.74 Å². The first-order chi connectivity index (χ1) is 15.3. The third kappa shape index (κ3) is 4.27. The predicted octanol–water partition coefficient (Wildman–Crippen LogP) is 3.42. The minimum absolute atomic E-state index is 0.0875. The zero-order valence-corrected chi connectivity index (χ0v) is 19.3. The minimum Gasteiger partial charge on any atom is -0.491 e. The Morgan fingerprint density at radius 2 is 1.56 bits per heavy atom. The van der Waals surface area contributed by atoms with Crippen LogP contribution in [0.2, 0.25) is 0 Å². The van der Waals surface area contributed by atoms with Crippen molar-refractivity contribution in [3.63, 3.8) is 0 Å². The molecule has 1 aliphatic carbocycles. The number of benzene rings is 2. The fraction of sp³-hybridized carbons (Fsp3) is 0.458. The highest BCUT2D eigenvalue weighted by Crippen LogP contribution is 2.39. The van der Waals surface area contributed by atoms with Crippen LogP contribution in [0.3, 0.4) is 0 Å². The summed E-state index contributed by atoms with van der Waals surface area (Å²) in [7, 11) is -4.00. The monoisotopic (exact) mass is 458 g/mol. The van der Waals surface area contributed by atoms with E-state index in [9.17, 15) is 18.4 Å². The standard InChI is InChI=1S/C24H30N2O5S/c1-17(2)31-21-9-3-18(4-10-21)19-5-11-22(12-6-19)32(29,30)24(23(27)25-28)13-15-26(16-14-24)20-7-8-20/h3-6,9-12,17,20,28H,7-8,13-16H2,1-2H3,(H,25,27). The molecule has 0 aromatic heterocycles. The van der Waals surface area contributed by atoms with Crippen molar-refractivity contribution in [2.75, 3.05) is 13.1 Å². The molecule has 0 radical (unpaired) electrons. The number of hydrogen-bond donors (Lipinski definition) is 2. The summed E-state index contributed by atoms with van der Waals surface area (Å²) in [6.45, 7) is 4.99. The Kier molecular flexibility index (Phi) is 6.29. The molecule has 1 saturated heterocycles. The third-order valence-corrected chi connectivity index (χ3v) is 8.94. The number of carbonyl (C=O) groups excluding carboxylic acids is 1. The van der Waals surface area contributed by atoms with Gasteiger partial charge in [-0.3, -0.25) is 10.0 Å². The van der Waals surface area contributed by atoms with Gasteiger partial charge in [-0.25, -0.2) is 13.9 Å². The Morgan fingerprint density at radius 1 is 1.03 bits per heavy atom. The molecule has 172 valence electrons. The van der Waals surface area contributed by atoms with Gasteiger partial charge >= 0.3 is 0 Å². The summed E-state index contributed by atoms with van der Waals surface area (Å²) >= 11 is 0. The molecule has 2 N–H and O–H groups in total. The fourth-order valence-electron chi connectivity index (χ4n) is 4.46. The summed E-state index contributed by atoms with van der Waals surface area (Å²) in [6, 6.07) is 14.7. The summed E-state index contributed by atoms with van der Waals surface area (Å²) in [5.74, 6) is -0.0739. The Labute approximate surface area is 189 Å². The van der Waals surface area contributed by atoms with Crippen molar-refractivity contribution >= 4 is 15.7 Å². The zero-order valence-electron chi connectivity index (χ0n) is 18.5. The lowest BCUT2D eigenvalue weighted by molar-refractivity contribution is -0.133. The molecule has 0 bridgehead atoms. The number of rotatable bonds is 7. The van der Waals surface area contributed by atoms with E-state index in [1.807, 2.05) is 38.1 Å². The van der Waals surface area contributed by atoms with Crippen LogP contribution in [-0.2, 0) is 14.6 Å². The maximum Gasteiger partial charge on any atom is 0.265 e. The van der Waals surface area contributed by atoms with Gasteiger partial charge in [0.1, 0.15) is 5.75 Å². The van der Waals surface area contributed by atoms with Gasteiger partial charge in [0.2, 0.25) is 0 Å². The predicted molar refractivity (Wildman–Crippen MR) is 121 cm³/mol. The van der Waals surface area contributed by atoms with Crippen LogP contribution in [0.1, 0.15) is 39.5 Å². The van der Waals surface area contributed by atoms with Gasteiger partial charge in [-0.05, 0) is 74.9 Å². The van der Waals surface area contributed by atoms with Gasteiger partial charge in [0.05, 0.1) is 11.0 Å². The Morgan fingerprint density at radius 3 is 2.03 bits per heavy atom. The number of amides is 1. The maximum atomic E-state index is 13.6. The molecular weight excluding hydrogens is 428 g/mol. The van der Waals surface area contributed by atoms with E-state index < -0.39 is 20.5 Å². The number of hydrogen-bond acceptors (Lipinski definition) is 6. The van der Waals surface area contributed by atoms with E-state index >= 15 is 0 Å². The molecule has 0 spiro atoms. The number of nitrogens with zero attached hydrogens (tertiary/aromatic N) is 1. The van der Waals surface area contributed by atoms with E-state index in [2.05, 4.69) is 4.90 Å². The molecule has 0 unspecified atom stereocenters. The molecule has 0 atom stereocenters. The summed E-state index contributed by atoms with van der Waals surface area (Å²) in [5, 5.41) is 9.33. The molecule has 2 aromatic rings. The molecule has 1 aliphatic heterocycles. The molecular formula is C24H30N2O5S. The average molecular weight is 459 g/mol. The van der Waals surface area contributed by atoms with E-state index in [-0.39, 0.29) is 23.8 Å². The van der Waals surface area contributed by atoms with Crippen molar-refractivity contribution in [3.05, 3.63) is 48.5 Å². The van der Waals surface area contributed by atoms with Crippen LogP contribution in [0.4, 0.5) is 0 Å². The molecule has 2 aromatic carbocycles. The summed E-state index contributed by atoms with van der Waals surface area (Å²) in [6.07, 6.45) is 2.66. The molecule has 1 heterocycles. The lowest BCUT2D eigenvalue weighted by Crippen LogP contribution is -2.58. The summed E-state index contributed by atoms with van der Waals surface area (Å²) in [5.41, 5.74) is 3.42. The number of ether oxygens (including phenoxy) is 1. The average Bonchev–Trinajstić information content (AvgIpc) is 3.64. The smallest absolute Gasteiger partial charge is 0.265 e. The number of hydroxylamine groups is 1. The number of carbonyl (C=O) groups is 1. The lowest BCUT2D eigenvalue weighted by Gasteiger charge is -2.39. The van der Waals surface area contributed by atoms with Crippen LogP contribution in [0.15, 0.2) is 53.4 Å². The second-order valence-corrected chi connectivity index (χ2v) is 11.2. The highest BCUT2D eigenvalue weighted by atomic mass is 32.2. The molecule has 2 aliphatic rings. The van der Waals surface area contributed by atoms with Gasteiger partial charge in [-0.15, -0.1) is 0 Å². The third-order valence-electron chi connectivity index (χ3n) is 6.42. The molecule has 7 nitrogen and oxygen atoms in total. The van der Waals surface area contributed by atoms with Gasteiger partial charge in [-0.2, -0.15) is 0 Å². The minimum atomic E-state index is -4.00. The first-order valence-corrected chi connectivity index (χ1v) is 12.6. The number of sulfone groups is 1. The SMILES string of the molecule is CC(C)Oc1ccc(-c2ccc(S(=O)(=O)C3(C(=O)NO)CCN(C4CC4)CC3)cc2)cc1. The van der Waals surface area contributed by atoms with Crippen LogP contribution >= 0.6 is 0 Å². The van der Waals surface area contributed by atoms with Crippen molar-refractivity contribution in [3.8, 4) is 16.9 Å². The number of likely N-dealkylation sites (tertiary alicyclic amines) is 1. The Bertz CT molecular complexity index is 1050. The van der Waals surface area contributed by atoms with Gasteiger partial charge in [0, 0.05) is 19.1 Å². The van der Waals surface area contributed by atoms with Crippen LogP contribution in [-0.4, -0.2) is 54.4 Å². The Hall–Kier alpha value is -2.42. The summed E-state index contributed by atoms with van der Waals surface area (Å²) < 4.78 is 31.2. The highest BCUT2D eigenvalue weighted by Gasteiger charge is 2.53. The largest absolute Gasteiger partial charge is 0.491 e. The molecule has 1 amide bonds. The van der Waals surface area contributed by atoms with Gasteiger partial charge in [0.15, 0.2) is 14.6 Å². The second-order valence-electron chi connectivity index (χ2n) is 8.92. The number of nitrogens with one attached hydrogen (secondary N) is 1. The normalized spacial score (nSPS) is 19.0. The van der Waals surface area contributed by atoms with Crippen LogP contribution in [0.5, 0.6) is 5.75 Å². The topological polar surface area (TPSA) is 95.9 Å². The van der Waals surface area contributed by atoms with Crippen molar-refractivity contribution in [2.24, 2.45) is 0 Å². The maximum absolute atomic E-state index is 13.6. The van der Waals surface area contributed by atoms with Gasteiger partial charge < -0.3 is 9.64 Å². The Balaban J connectivity index is 1.58.